The zero-order valence-corrected chi connectivity index (χ0v) is 14.4. The van der Waals surface area contributed by atoms with Gasteiger partial charge < -0.3 is 10.6 Å². The van der Waals surface area contributed by atoms with Crippen molar-refractivity contribution in [1.29, 1.82) is 0 Å². The highest BCUT2D eigenvalue weighted by molar-refractivity contribution is 7.99. The number of benzene rings is 2. The number of hydrogen-bond acceptors (Lipinski definition) is 2. The molecule has 0 radical (unpaired) electrons. The molecule has 1 aliphatic heterocycles. The van der Waals surface area contributed by atoms with E-state index in [9.17, 15) is 0 Å². The van der Waals surface area contributed by atoms with Crippen molar-refractivity contribution < 1.29 is 0 Å². The van der Waals surface area contributed by atoms with Crippen LogP contribution >= 0.6 is 35.6 Å². The van der Waals surface area contributed by atoms with Crippen LogP contribution in [0.4, 0.5) is 0 Å². The number of thiocarbonyl (C=S) groups is 1. The van der Waals surface area contributed by atoms with Gasteiger partial charge in [-0.2, -0.15) is 0 Å². The number of thioether (sulfide) groups is 1. The molecule has 0 aromatic heterocycles. The van der Waals surface area contributed by atoms with E-state index >= 15 is 0 Å². The second-order valence-electron chi connectivity index (χ2n) is 5.18. The van der Waals surface area contributed by atoms with Crippen molar-refractivity contribution in [2.75, 3.05) is 5.75 Å². The van der Waals surface area contributed by atoms with Crippen LogP contribution in [0.1, 0.15) is 23.6 Å². The lowest BCUT2D eigenvalue weighted by Gasteiger charge is -2.27. The monoisotopic (exact) mass is 348 g/mol. The summed E-state index contributed by atoms with van der Waals surface area (Å²) in [6.07, 6.45) is 1.05. The minimum atomic E-state index is 0.228. The van der Waals surface area contributed by atoms with E-state index in [-0.39, 0.29) is 6.04 Å². The fourth-order valence-corrected chi connectivity index (χ4v) is 4.00. The second kappa shape index (κ2) is 7.36. The number of rotatable bonds is 3. The second-order valence-corrected chi connectivity index (χ2v) is 7.17. The largest absolute Gasteiger partial charge is 0.359 e. The molecule has 114 valence electrons. The van der Waals surface area contributed by atoms with Gasteiger partial charge in [0.05, 0.1) is 6.04 Å². The first-order chi connectivity index (χ1) is 10.7. The number of hydrogen-bond donors (Lipinski definition) is 2. The third kappa shape index (κ3) is 3.94. The van der Waals surface area contributed by atoms with Crippen LogP contribution < -0.4 is 10.6 Å². The Balaban J connectivity index is 1.62. The topological polar surface area (TPSA) is 24.1 Å². The zero-order chi connectivity index (χ0) is 15.4. The lowest BCUT2D eigenvalue weighted by atomic mass is 10.0. The van der Waals surface area contributed by atoms with E-state index in [1.54, 1.807) is 0 Å². The van der Waals surface area contributed by atoms with Gasteiger partial charge in [-0.3, -0.25) is 0 Å². The molecule has 3 rings (SSSR count). The zero-order valence-electron chi connectivity index (χ0n) is 12.0. The van der Waals surface area contributed by atoms with Crippen molar-refractivity contribution in [1.82, 2.24) is 10.6 Å². The van der Waals surface area contributed by atoms with Gasteiger partial charge in [-0.25, -0.2) is 0 Å². The summed E-state index contributed by atoms with van der Waals surface area (Å²) in [7, 11) is 0. The van der Waals surface area contributed by atoms with E-state index in [4.69, 9.17) is 23.8 Å². The van der Waals surface area contributed by atoms with E-state index in [1.807, 2.05) is 42.1 Å². The summed E-state index contributed by atoms with van der Waals surface area (Å²) in [6, 6.07) is 16.6. The molecule has 1 aliphatic rings. The standard InChI is InChI=1S/C17H17ClN2S2/c18-13-6-7-16-14(10-13)15(8-9-22-16)20-17(21)19-11-12-4-2-1-3-5-12/h1-7,10,15H,8-9,11H2,(H2,19,20,21). The first kappa shape index (κ1) is 15.7. The van der Waals surface area contributed by atoms with Gasteiger partial charge in [-0.1, -0.05) is 41.9 Å². The highest BCUT2D eigenvalue weighted by Gasteiger charge is 2.21. The Morgan fingerprint density at radius 2 is 2.05 bits per heavy atom. The summed E-state index contributed by atoms with van der Waals surface area (Å²) in [4.78, 5) is 1.29. The Bertz CT molecular complexity index is 661. The van der Waals surface area contributed by atoms with Crippen molar-refractivity contribution in [2.45, 2.75) is 23.9 Å². The molecule has 2 nitrogen and oxygen atoms in total. The molecule has 0 saturated carbocycles. The minimum Gasteiger partial charge on any atom is -0.359 e. The summed E-state index contributed by atoms with van der Waals surface area (Å²) in [5.41, 5.74) is 2.46. The van der Waals surface area contributed by atoms with Crippen LogP contribution in [0, 0.1) is 0 Å². The first-order valence-corrected chi connectivity index (χ1v) is 9.00. The van der Waals surface area contributed by atoms with E-state index in [0.29, 0.717) is 5.11 Å². The van der Waals surface area contributed by atoms with Crippen LogP contribution in [-0.4, -0.2) is 10.9 Å². The highest BCUT2D eigenvalue weighted by Crippen LogP contribution is 2.37. The molecule has 2 aromatic carbocycles. The molecule has 0 fully saturated rings. The molecule has 2 aromatic rings. The third-order valence-electron chi connectivity index (χ3n) is 3.61. The summed E-state index contributed by atoms with van der Waals surface area (Å²) in [6.45, 7) is 0.733. The molecule has 1 heterocycles. The quantitative estimate of drug-likeness (QED) is 0.795. The molecule has 22 heavy (non-hydrogen) atoms. The molecule has 1 atom stereocenters. The maximum absolute atomic E-state index is 6.13. The van der Waals surface area contributed by atoms with E-state index in [2.05, 4.69) is 28.8 Å². The lowest BCUT2D eigenvalue weighted by Crippen LogP contribution is -2.38. The fourth-order valence-electron chi connectivity index (χ4n) is 2.50. The van der Waals surface area contributed by atoms with Crippen molar-refractivity contribution >= 4 is 40.7 Å². The molecule has 0 bridgehead atoms. The van der Waals surface area contributed by atoms with E-state index < -0.39 is 0 Å². The van der Waals surface area contributed by atoms with Crippen molar-refractivity contribution in [3.8, 4) is 0 Å². The van der Waals surface area contributed by atoms with Gasteiger partial charge in [0.2, 0.25) is 0 Å². The Labute approximate surface area is 145 Å². The predicted octanol–water partition coefficient (Wildman–Crippen LogP) is 4.54. The Kier molecular flexibility index (Phi) is 5.24. The van der Waals surface area contributed by atoms with Gasteiger partial charge in [0.25, 0.3) is 0 Å². The predicted molar refractivity (Wildman–Crippen MR) is 98.5 cm³/mol. The number of nitrogens with one attached hydrogen (secondary N) is 2. The van der Waals surface area contributed by atoms with Crippen LogP contribution in [0.15, 0.2) is 53.4 Å². The minimum absolute atomic E-state index is 0.228. The van der Waals surface area contributed by atoms with E-state index in [1.165, 1.54) is 16.0 Å². The molecular formula is C17H17ClN2S2. The summed E-state index contributed by atoms with van der Waals surface area (Å²) >= 11 is 13.4. The van der Waals surface area contributed by atoms with Crippen molar-refractivity contribution in [3.63, 3.8) is 0 Å². The van der Waals surface area contributed by atoms with Crippen LogP contribution in [-0.2, 0) is 6.54 Å². The molecule has 5 heteroatoms. The van der Waals surface area contributed by atoms with Gasteiger partial charge in [0.15, 0.2) is 5.11 Å². The average molecular weight is 349 g/mol. The van der Waals surface area contributed by atoms with Gasteiger partial charge in [0, 0.05) is 22.2 Å². The summed E-state index contributed by atoms with van der Waals surface area (Å²) in [5.74, 6) is 1.09. The van der Waals surface area contributed by atoms with Crippen LogP contribution in [0.5, 0.6) is 0 Å². The Hall–Kier alpha value is -1.23. The van der Waals surface area contributed by atoms with Gasteiger partial charge >= 0.3 is 0 Å². The first-order valence-electron chi connectivity index (χ1n) is 7.23. The normalized spacial score (nSPS) is 16.7. The Morgan fingerprint density at radius 3 is 2.86 bits per heavy atom. The van der Waals surface area contributed by atoms with Crippen LogP contribution in [0.2, 0.25) is 5.02 Å². The van der Waals surface area contributed by atoms with Gasteiger partial charge in [-0.15, -0.1) is 11.8 Å². The molecular weight excluding hydrogens is 332 g/mol. The molecule has 2 N–H and O–H groups in total. The van der Waals surface area contributed by atoms with E-state index in [0.717, 1.165) is 23.7 Å². The lowest BCUT2D eigenvalue weighted by molar-refractivity contribution is 0.603. The SMILES string of the molecule is S=C(NCc1ccccc1)NC1CCSc2ccc(Cl)cc21. The number of fused-ring (bicyclic) bond motifs is 1. The highest BCUT2D eigenvalue weighted by atomic mass is 35.5. The summed E-state index contributed by atoms with van der Waals surface area (Å²) < 4.78 is 0. The van der Waals surface area contributed by atoms with Gasteiger partial charge in [0.1, 0.15) is 0 Å². The third-order valence-corrected chi connectivity index (χ3v) is 5.23. The van der Waals surface area contributed by atoms with Crippen molar-refractivity contribution in [2.24, 2.45) is 0 Å². The summed E-state index contributed by atoms with van der Waals surface area (Å²) in [5, 5.41) is 8.15. The molecule has 0 amide bonds. The van der Waals surface area contributed by atoms with Gasteiger partial charge in [-0.05, 0) is 48.0 Å². The molecule has 0 aliphatic carbocycles. The molecule has 0 spiro atoms. The maximum atomic E-state index is 6.13. The number of halogens is 1. The Morgan fingerprint density at radius 1 is 1.23 bits per heavy atom. The van der Waals surface area contributed by atoms with Crippen LogP contribution in [0.3, 0.4) is 0 Å². The average Bonchev–Trinajstić information content (AvgIpc) is 2.54. The van der Waals surface area contributed by atoms with Crippen molar-refractivity contribution in [3.05, 3.63) is 64.7 Å². The molecule has 0 saturated heterocycles. The fraction of sp³-hybridized carbons (Fsp3) is 0.235. The molecule has 1 unspecified atom stereocenters. The smallest absolute Gasteiger partial charge is 0.167 e. The maximum Gasteiger partial charge on any atom is 0.167 e. The van der Waals surface area contributed by atoms with Crippen LogP contribution in [0.25, 0.3) is 0 Å².